The Kier molecular flexibility index (Phi) is 5.28. The second-order valence-electron chi connectivity index (χ2n) is 5.92. The van der Waals surface area contributed by atoms with Crippen LogP contribution in [0.5, 0.6) is 0 Å². The van der Waals surface area contributed by atoms with Gasteiger partial charge in [-0.15, -0.1) is 0 Å². The molecular weight excluding hydrogens is 274 g/mol. The van der Waals surface area contributed by atoms with Crippen molar-refractivity contribution >= 4 is 5.91 Å². The predicted molar refractivity (Wildman–Crippen MR) is 78.1 cm³/mol. The number of piperidine rings is 1. The lowest BCUT2D eigenvalue weighted by Crippen LogP contribution is -2.44. The van der Waals surface area contributed by atoms with E-state index in [1.54, 1.807) is 4.90 Å². The number of nitrogens with zero attached hydrogens (tertiary/aromatic N) is 1. The van der Waals surface area contributed by atoms with Crippen molar-refractivity contribution in [1.82, 2.24) is 10.2 Å². The average molecular weight is 296 g/mol. The monoisotopic (exact) mass is 296 g/mol. The highest BCUT2D eigenvalue weighted by Crippen LogP contribution is 2.20. The molecule has 1 unspecified atom stereocenters. The van der Waals surface area contributed by atoms with Crippen molar-refractivity contribution in [3.63, 3.8) is 0 Å². The van der Waals surface area contributed by atoms with Gasteiger partial charge in [-0.3, -0.25) is 4.79 Å². The van der Waals surface area contributed by atoms with Gasteiger partial charge in [0.25, 0.3) is 5.91 Å². The van der Waals surface area contributed by atoms with Gasteiger partial charge in [0, 0.05) is 19.1 Å². The summed E-state index contributed by atoms with van der Waals surface area (Å²) in [5.74, 6) is -2.08. The SMILES string of the molecule is CC(C)NCC1CCCN(C(=O)c2cccc(F)c2F)C1. The van der Waals surface area contributed by atoms with E-state index in [9.17, 15) is 13.6 Å². The number of nitrogens with one attached hydrogen (secondary N) is 1. The highest BCUT2D eigenvalue weighted by Gasteiger charge is 2.26. The zero-order valence-corrected chi connectivity index (χ0v) is 12.5. The third kappa shape index (κ3) is 4.00. The third-order valence-electron chi connectivity index (χ3n) is 3.80. The van der Waals surface area contributed by atoms with E-state index in [0.717, 1.165) is 25.5 Å². The van der Waals surface area contributed by atoms with E-state index in [2.05, 4.69) is 19.2 Å². The van der Waals surface area contributed by atoms with Crippen LogP contribution >= 0.6 is 0 Å². The summed E-state index contributed by atoms with van der Waals surface area (Å²) in [5, 5.41) is 3.36. The van der Waals surface area contributed by atoms with E-state index in [1.165, 1.54) is 12.1 Å². The Morgan fingerprint density at radius 1 is 1.43 bits per heavy atom. The van der Waals surface area contributed by atoms with E-state index in [0.29, 0.717) is 25.0 Å². The molecule has 1 N–H and O–H groups in total. The number of benzene rings is 1. The van der Waals surface area contributed by atoms with Crippen LogP contribution in [0.2, 0.25) is 0 Å². The Bertz CT molecular complexity index is 505. The van der Waals surface area contributed by atoms with Crippen LogP contribution in [0.3, 0.4) is 0 Å². The minimum absolute atomic E-state index is 0.174. The van der Waals surface area contributed by atoms with Crippen LogP contribution in [0.1, 0.15) is 37.0 Å². The molecule has 1 amide bonds. The van der Waals surface area contributed by atoms with Gasteiger partial charge >= 0.3 is 0 Å². The molecule has 3 nitrogen and oxygen atoms in total. The number of hydrogen-bond donors (Lipinski definition) is 1. The minimum atomic E-state index is -1.05. The molecule has 1 saturated heterocycles. The molecule has 5 heteroatoms. The fourth-order valence-electron chi connectivity index (χ4n) is 2.66. The molecule has 1 aromatic carbocycles. The fraction of sp³-hybridized carbons (Fsp3) is 0.562. The Morgan fingerprint density at radius 3 is 2.90 bits per heavy atom. The standard InChI is InChI=1S/C16H22F2N2O/c1-11(2)19-9-12-5-4-8-20(10-12)16(21)13-6-3-7-14(17)15(13)18/h3,6-7,11-12,19H,4-5,8-10H2,1-2H3. The summed E-state index contributed by atoms with van der Waals surface area (Å²) < 4.78 is 27.0. The maximum absolute atomic E-state index is 13.7. The molecule has 0 saturated carbocycles. The van der Waals surface area contributed by atoms with E-state index in [4.69, 9.17) is 0 Å². The summed E-state index contributed by atoms with van der Waals surface area (Å²) in [6.07, 6.45) is 1.95. The number of amides is 1. The quantitative estimate of drug-likeness (QED) is 0.926. The van der Waals surface area contributed by atoms with Crippen LogP contribution in [0.4, 0.5) is 8.78 Å². The Morgan fingerprint density at radius 2 is 2.19 bits per heavy atom. The maximum Gasteiger partial charge on any atom is 0.256 e. The summed E-state index contributed by atoms with van der Waals surface area (Å²) >= 11 is 0. The van der Waals surface area contributed by atoms with Crippen molar-refractivity contribution in [2.24, 2.45) is 5.92 Å². The molecule has 1 aromatic rings. The van der Waals surface area contributed by atoms with Crippen LogP contribution in [0.15, 0.2) is 18.2 Å². The molecule has 1 aliphatic heterocycles. The topological polar surface area (TPSA) is 32.3 Å². The molecule has 0 aliphatic carbocycles. The van der Waals surface area contributed by atoms with Crippen molar-refractivity contribution in [1.29, 1.82) is 0 Å². The molecule has 1 fully saturated rings. The Balaban J connectivity index is 2.03. The summed E-state index contributed by atoms with van der Waals surface area (Å²) in [7, 11) is 0. The molecule has 116 valence electrons. The molecule has 21 heavy (non-hydrogen) atoms. The van der Waals surface area contributed by atoms with Gasteiger partial charge in [-0.05, 0) is 37.4 Å². The van der Waals surface area contributed by atoms with Crippen molar-refractivity contribution in [3.8, 4) is 0 Å². The highest BCUT2D eigenvalue weighted by molar-refractivity contribution is 5.94. The van der Waals surface area contributed by atoms with Crippen molar-refractivity contribution < 1.29 is 13.6 Å². The summed E-state index contributed by atoms with van der Waals surface area (Å²) in [4.78, 5) is 14.0. The molecule has 2 rings (SSSR count). The van der Waals surface area contributed by atoms with Crippen LogP contribution in [-0.4, -0.2) is 36.5 Å². The number of rotatable bonds is 4. The van der Waals surface area contributed by atoms with Gasteiger partial charge in [0.05, 0.1) is 5.56 Å². The fourth-order valence-corrected chi connectivity index (χ4v) is 2.66. The molecule has 0 aromatic heterocycles. The zero-order valence-electron chi connectivity index (χ0n) is 12.5. The first-order valence-corrected chi connectivity index (χ1v) is 7.45. The van der Waals surface area contributed by atoms with Gasteiger partial charge in [-0.2, -0.15) is 0 Å². The Hall–Kier alpha value is -1.49. The lowest BCUT2D eigenvalue weighted by Gasteiger charge is -2.33. The van der Waals surface area contributed by atoms with Crippen LogP contribution < -0.4 is 5.32 Å². The molecule has 1 atom stereocenters. The first kappa shape index (κ1) is 15.9. The third-order valence-corrected chi connectivity index (χ3v) is 3.80. The molecule has 0 spiro atoms. The summed E-state index contributed by atoms with van der Waals surface area (Å²) in [6, 6.07) is 4.14. The highest BCUT2D eigenvalue weighted by atomic mass is 19.2. The second kappa shape index (κ2) is 6.98. The van der Waals surface area contributed by atoms with E-state index >= 15 is 0 Å². The minimum Gasteiger partial charge on any atom is -0.338 e. The first-order chi connectivity index (χ1) is 9.99. The van der Waals surface area contributed by atoms with Gasteiger partial charge in [0.15, 0.2) is 11.6 Å². The lowest BCUT2D eigenvalue weighted by atomic mass is 9.97. The number of carbonyl (C=O) groups is 1. The van der Waals surface area contributed by atoms with Gasteiger partial charge in [0.1, 0.15) is 0 Å². The molecule has 1 aliphatic rings. The number of halogens is 2. The van der Waals surface area contributed by atoms with Crippen LogP contribution in [0, 0.1) is 17.6 Å². The lowest BCUT2D eigenvalue weighted by molar-refractivity contribution is 0.0666. The summed E-state index contributed by atoms with van der Waals surface area (Å²) in [6.45, 7) is 6.19. The van der Waals surface area contributed by atoms with E-state index in [-0.39, 0.29) is 5.56 Å². The molecular formula is C16H22F2N2O. The number of hydrogen-bond acceptors (Lipinski definition) is 2. The molecule has 0 radical (unpaired) electrons. The summed E-state index contributed by atoms with van der Waals surface area (Å²) in [5.41, 5.74) is -0.174. The van der Waals surface area contributed by atoms with Gasteiger partial charge < -0.3 is 10.2 Å². The zero-order chi connectivity index (χ0) is 15.4. The first-order valence-electron chi connectivity index (χ1n) is 7.45. The number of carbonyl (C=O) groups excluding carboxylic acids is 1. The van der Waals surface area contributed by atoms with E-state index in [1.807, 2.05) is 0 Å². The maximum atomic E-state index is 13.7. The van der Waals surface area contributed by atoms with Crippen LogP contribution in [-0.2, 0) is 0 Å². The van der Waals surface area contributed by atoms with Crippen molar-refractivity contribution in [2.45, 2.75) is 32.7 Å². The Labute approximate surface area is 124 Å². The second-order valence-corrected chi connectivity index (χ2v) is 5.92. The van der Waals surface area contributed by atoms with Crippen molar-refractivity contribution in [2.75, 3.05) is 19.6 Å². The van der Waals surface area contributed by atoms with E-state index < -0.39 is 17.5 Å². The molecule has 1 heterocycles. The van der Waals surface area contributed by atoms with Crippen LogP contribution in [0.25, 0.3) is 0 Å². The largest absolute Gasteiger partial charge is 0.338 e. The predicted octanol–water partition coefficient (Wildman–Crippen LogP) is 2.82. The average Bonchev–Trinajstić information content (AvgIpc) is 2.47. The van der Waals surface area contributed by atoms with Gasteiger partial charge in [-0.25, -0.2) is 8.78 Å². The normalized spacial score (nSPS) is 19.1. The van der Waals surface area contributed by atoms with Gasteiger partial charge in [0.2, 0.25) is 0 Å². The number of likely N-dealkylation sites (tertiary alicyclic amines) is 1. The van der Waals surface area contributed by atoms with Gasteiger partial charge in [-0.1, -0.05) is 19.9 Å². The molecule has 0 bridgehead atoms. The van der Waals surface area contributed by atoms with Crippen molar-refractivity contribution in [3.05, 3.63) is 35.4 Å². The smallest absolute Gasteiger partial charge is 0.256 e.